The maximum absolute atomic E-state index is 13.0. The van der Waals surface area contributed by atoms with Gasteiger partial charge in [0.15, 0.2) is 4.80 Å². The summed E-state index contributed by atoms with van der Waals surface area (Å²) >= 11 is 3.23. The predicted molar refractivity (Wildman–Crippen MR) is 105 cm³/mol. The first-order chi connectivity index (χ1) is 12.6. The zero-order valence-corrected chi connectivity index (χ0v) is 16.2. The summed E-state index contributed by atoms with van der Waals surface area (Å²) in [6.07, 6.45) is 2.20. The lowest BCUT2D eigenvalue weighted by Crippen LogP contribution is -2.18. The average Bonchev–Trinajstić information content (AvgIpc) is 2.97. The molecule has 0 atom stereocenters. The molecule has 7 heteroatoms. The SMILES string of the molecule is COc1ccc2sc(=NC(=O)Cc3ccc(F)cc3)n(CCSC)c2c1. The number of ether oxygens (including phenoxy) is 1. The van der Waals surface area contributed by atoms with Crippen molar-refractivity contribution in [2.75, 3.05) is 19.1 Å². The number of aromatic nitrogens is 1. The Hall–Kier alpha value is -2.12. The third kappa shape index (κ3) is 4.34. The van der Waals surface area contributed by atoms with Crippen LogP contribution in [0.3, 0.4) is 0 Å². The van der Waals surface area contributed by atoms with Gasteiger partial charge in [0.1, 0.15) is 11.6 Å². The van der Waals surface area contributed by atoms with Gasteiger partial charge < -0.3 is 9.30 Å². The number of thioether (sulfide) groups is 1. The van der Waals surface area contributed by atoms with Crippen LogP contribution in [0, 0.1) is 5.82 Å². The molecule has 0 N–H and O–H groups in total. The summed E-state index contributed by atoms with van der Waals surface area (Å²) in [5, 5.41) is 0. The van der Waals surface area contributed by atoms with E-state index in [2.05, 4.69) is 9.56 Å². The van der Waals surface area contributed by atoms with Crippen LogP contribution in [0.5, 0.6) is 5.75 Å². The van der Waals surface area contributed by atoms with Crippen LogP contribution in [0.2, 0.25) is 0 Å². The predicted octanol–water partition coefficient (Wildman–Crippen LogP) is 3.88. The first-order valence-electron chi connectivity index (χ1n) is 8.09. The van der Waals surface area contributed by atoms with E-state index in [9.17, 15) is 9.18 Å². The van der Waals surface area contributed by atoms with Crippen molar-refractivity contribution in [3.8, 4) is 5.75 Å². The Labute approximate surface area is 159 Å². The highest BCUT2D eigenvalue weighted by Crippen LogP contribution is 2.23. The Balaban J connectivity index is 1.97. The molecule has 136 valence electrons. The van der Waals surface area contributed by atoms with Gasteiger partial charge in [-0.1, -0.05) is 23.5 Å². The van der Waals surface area contributed by atoms with Gasteiger partial charge in [-0.05, 0) is 36.1 Å². The molecule has 3 rings (SSSR count). The maximum atomic E-state index is 13.0. The third-order valence-electron chi connectivity index (χ3n) is 3.90. The van der Waals surface area contributed by atoms with Crippen molar-refractivity contribution in [2.24, 2.45) is 4.99 Å². The number of rotatable bonds is 6. The van der Waals surface area contributed by atoms with Gasteiger partial charge >= 0.3 is 0 Å². The summed E-state index contributed by atoms with van der Waals surface area (Å²) in [6.45, 7) is 0.761. The molecule has 1 heterocycles. The van der Waals surface area contributed by atoms with Crippen LogP contribution in [0.25, 0.3) is 10.2 Å². The van der Waals surface area contributed by atoms with Crippen molar-refractivity contribution in [1.29, 1.82) is 0 Å². The van der Waals surface area contributed by atoms with Crippen LogP contribution in [0.1, 0.15) is 5.56 Å². The fourth-order valence-corrected chi connectivity index (χ4v) is 4.00. The van der Waals surface area contributed by atoms with Gasteiger partial charge in [0.2, 0.25) is 0 Å². The summed E-state index contributed by atoms with van der Waals surface area (Å²) in [6, 6.07) is 11.8. The molecular formula is C19H19FN2O2S2. The number of thiazole rings is 1. The van der Waals surface area contributed by atoms with E-state index >= 15 is 0 Å². The highest BCUT2D eigenvalue weighted by atomic mass is 32.2. The fraction of sp³-hybridized carbons (Fsp3) is 0.263. The van der Waals surface area contributed by atoms with Crippen LogP contribution < -0.4 is 9.54 Å². The third-order valence-corrected chi connectivity index (χ3v) is 5.55. The van der Waals surface area contributed by atoms with Gasteiger partial charge in [0.05, 0.1) is 23.7 Å². The minimum absolute atomic E-state index is 0.153. The summed E-state index contributed by atoms with van der Waals surface area (Å²) in [7, 11) is 1.64. The van der Waals surface area contributed by atoms with Gasteiger partial charge in [-0.3, -0.25) is 4.79 Å². The van der Waals surface area contributed by atoms with E-state index in [0.717, 1.165) is 33.8 Å². The van der Waals surface area contributed by atoms with E-state index in [1.807, 2.05) is 24.5 Å². The summed E-state index contributed by atoms with van der Waals surface area (Å²) in [4.78, 5) is 17.4. The smallest absolute Gasteiger partial charge is 0.252 e. The topological polar surface area (TPSA) is 43.6 Å². The first-order valence-corrected chi connectivity index (χ1v) is 10.3. The maximum Gasteiger partial charge on any atom is 0.252 e. The number of hydrogen-bond donors (Lipinski definition) is 0. The monoisotopic (exact) mass is 390 g/mol. The lowest BCUT2D eigenvalue weighted by atomic mass is 10.1. The number of aryl methyl sites for hydroxylation is 1. The molecule has 0 spiro atoms. The van der Waals surface area contributed by atoms with Gasteiger partial charge in [0.25, 0.3) is 5.91 Å². The molecule has 0 fully saturated rings. The number of nitrogens with zero attached hydrogens (tertiary/aromatic N) is 2. The Morgan fingerprint density at radius 2 is 2.04 bits per heavy atom. The van der Waals surface area contributed by atoms with Crippen LogP contribution in [-0.4, -0.2) is 29.6 Å². The first kappa shape index (κ1) is 18.7. The van der Waals surface area contributed by atoms with Crippen molar-refractivity contribution in [3.05, 3.63) is 58.6 Å². The molecule has 4 nitrogen and oxygen atoms in total. The molecule has 0 radical (unpaired) electrons. The number of methoxy groups -OCH3 is 1. The number of benzene rings is 2. The summed E-state index contributed by atoms with van der Waals surface area (Å²) < 4.78 is 21.4. The number of halogens is 1. The van der Waals surface area contributed by atoms with Crippen molar-refractivity contribution in [1.82, 2.24) is 4.57 Å². The second-order valence-corrected chi connectivity index (χ2v) is 7.67. The van der Waals surface area contributed by atoms with Crippen LogP contribution in [-0.2, 0) is 17.8 Å². The zero-order valence-electron chi connectivity index (χ0n) is 14.6. The van der Waals surface area contributed by atoms with E-state index in [1.54, 1.807) is 31.0 Å². The summed E-state index contributed by atoms with van der Waals surface area (Å²) in [5.74, 6) is 1.14. The second-order valence-electron chi connectivity index (χ2n) is 5.67. The van der Waals surface area contributed by atoms with Crippen LogP contribution in [0.4, 0.5) is 4.39 Å². The molecule has 0 saturated heterocycles. The number of carbonyl (C=O) groups excluding carboxylic acids is 1. The fourth-order valence-electron chi connectivity index (χ4n) is 2.58. The molecule has 0 saturated carbocycles. The van der Waals surface area contributed by atoms with Crippen molar-refractivity contribution >= 4 is 39.2 Å². The van der Waals surface area contributed by atoms with Crippen LogP contribution in [0.15, 0.2) is 47.5 Å². The van der Waals surface area contributed by atoms with Crippen molar-refractivity contribution in [3.63, 3.8) is 0 Å². The summed E-state index contributed by atoms with van der Waals surface area (Å²) in [5.41, 5.74) is 1.76. The van der Waals surface area contributed by atoms with Gasteiger partial charge in [-0.2, -0.15) is 16.8 Å². The zero-order chi connectivity index (χ0) is 18.5. The molecule has 0 bridgehead atoms. The standard InChI is InChI=1S/C19H19FN2O2S2/c1-24-15-7-8-17-16(12-15)22(9-10-25-2)19(26-17)21-18(23)11-13-3-5-14(20)6-4-13/h3-8,12H,9-11H2,1-2H3. The van der Waals surface area contributed by atoms with Crippen molar-refractivity contribution in [2.45, 2.75) is 13.0 Å². The highest BCUT2D eigenvalue weighted by molar-refractivity contribution is 7.98. The quantitative estimate of drug-likeness (QED) is 0.641. The van der Waals surface area contributed by atoms with Gasteiger partial charge in [-0.15, -0.1) is 0 Å². The average molecular weight is 391 g/mol. The normalized spacial score (nSPS) is 11.9. The van der Waals surface area contributed by atoms with E-state index in [-0.39, 0.29) is 18.1 Å². The van der Waals surface area contributed by atoms with E-state index in [4.69, 9.17) is 4.74 Å². The molecular weight excluding hydrogens is 371 g/mol. The number of fused-ring (bicyclic) bond motifs is 1. The molecule has 26 heavy (non-hydrogen) atoms. The molecule has 1 amide bonds. The number of hydrogen-bond acceptors (Lipinski definition) is 4. The molecule has 0 aliphatic heterocycles. The Morgan fingerprint density at radius 1 is 1.27 bits per heavy atom. The Morgan fingerprint density at radius 3 is 2.73 bits per heavy atom. The van der Waals surface area contributed by atoms with Crippen LogP contribution >= 0.6 is 23.1 Å². The second kappa shape index (κ2) is 8.51. The molecule has 0 unspecified atom stereocenters. The molecule has 3 aromatic rings. The number of amides is 1. The molecule has 2 aromatic carbocycles. The number of carbonyl (C=O) groups is 1. The Bertz CT molecular complexity index is 977. The lowest BCUT2D eigenvalue weighted by Gasteiger charge is -2.05. The van der Waals surface area contributed by atoms with Crippen molar-refractivity contribution < 1.29 is 13.9 Å². The van der Waals surface area contributed by atoms with E-state index < -0.39 is 0 Å². The largest absolute Gasteiger partial charge is 0.497 e. The van der Waals surface area contributed by atoms with E-state index in [1.165, 1.54) is 23.5 Å². The van der Waals surface area contributed by atoms with E-state index in [0.29, 0.717) is 4.80 Å². The highest BCUT2D eigenvalue weighted by Gasteiger charge is 2.10. The molecule has 1 aromatic heterocycles. The Kier molecular flexibility index (Phi) is 6.11. The minimum atomic E-state index is -0.313. The molecule has 0 aliphatic rings. The lowest BCUT2D eigenvalue weighted by molar-refractivity contribution is -0.117. The molecule has 0 aliphatic carbocycles. The van der Waals surface area contributed by atoms with Gasteiger partial charge in [0, 0.05) is 18.4 Å². The minimum Gasteiger partial charge on any atom is -0.497 e. The van der Waals surface area contributed by atoms with Gasteiger partial charge in [-0.25, -0.2) is 4.39 Å².